The number of H-pyrrole nitrogens is 1. The third-order valence-electron chi connectivity index (χ3n) is 7.02. The lowest BCUT2D eigenvalue weighted by Gasteiger charge is -2.46. The molecule has 2 N–H and O–H groups in total. The monoisotopic (exact) mass is 455 g/mol. The Labute approximate surface area is 198 Å². The van der Waals surface area contributed by atoms with Crippen LogP contribution in [0.4, 0.5) is 0 Å². The van der Waals surface area contributed by atoms with Crippen LogP contribution in [-0.4, -0.2) is 38.9 Å². The number of aromatic nitrogens is 2. The van der Waals surface area contributed by atoms with Gasteiger partial charge in [0.15, 0.2) is 5.82 Å². The number of imidazole rings is 1. The lowest BCUT2D eigenvalue weighted by molar-refractivity contribution is 0.0358. The summed E-state index contributed by atoms with van der Waals surface area (Å²) in [5.41, 5.74) is 2.56. The third-order valence-corrected chi connectivity index (χ3v) is 7.02. The number of benzene rings is 2. The zero-order valence-electron chi connectivity index (χ0n) is 19.6. The number of hydrogen-bond acceptors (Lipinski definition) is 5. The number of carbonyl (C=O) groups excluding carboxylic acids is 1. The molecule has 1 amide bonds. The smallest absolute Gasteiger partial charge is 0.290 e. The van der Waals surface area contributed by atoms with Gasteiger partial charge in [-0.3, -0.25) is 4.79 Å². The van der Waals surface area contributed by atoms with Gasteiger partial charge >= 0.3 is 0 Å². The predicted molar refractivity (Wildman–Crippen MR) is 131 cm³/mol. The summed E-state index contributed by atoms with van der Waals surface area (Å²) in [7, 11) is 0. The van der Waals surface area contributed by atoms with Crippen LogP contribution in [0.5, 0.6) is 0 Å². The van der Waals surface area contributed by atoms with E-state index in [4.69, 9.17) is 9.68 Å². The van der Waals surface area contributed by atoms with E-state index in [1.165, 1.54) is 0 Å². The lowest BCUT2D eigenvalue weighted by Crippen LogP contribution is -2.55. The molecule has 0 bridgehead atoms. The number of nitrogens with zero attached hydrogens (tertiary/aromatic N) is 3. The molecule has 7 nitrogen and oxygen atoms in total. The highest BCUT2D eigenvalue weighted by molar-refractivity contribution is 5.94. The van der Waals surface area contributed by atoms with Crippen molar-refractivity contribution in [1.29, 1.82) is 5.26 Å². The highest BCUT2D eigenvalue weighted by Gasteiger charge is 2.40. The number of carbonyl (C=O) groups is 1. The van der Waals surface area contributed by atoms with Crippen LogP contribution in [0.3, 0.4) is 0 Å². The van der Waals surface area contributed by atoms with Crippen LogP contribution >= 0.6 is 0 Å². The molecule has 34 heavy (non-hydrogen) atoms. The quantitative estimate of drug-likeness (QED) is 0.420. The van der Waals surface area contributed by atoms with Crippen molar-refractivity contribution in [1.82, 2.24) is 20.2 Å². The maximum Gasteiger partial charge on any atom is 0.290 e. The molecule has 7 heteroatoms. The van der Waals surface area contributed by atoms with Crippen molar-refractivity contribution in [3.63, 3.8) is 0 Å². The van der Waals surface area contributed by atoms with Gasteiger partial charge in [0.25, 0.3) is 5.91 Å². The Hall–Kier alpha value is -3.63. The van der Waals surface area contributed by atoms with E-state index in [1.54, 1.807) is 18.2 Å². The average molecular weight is 456 g/mol. The van der Waals surface area contributed by atoms with Crippen molar-refractivity contribution in [2.24, 2.45) is 0 Å². The lowest BCUT2D eigenvalue weighted by atomic mass is 9.79. The number of amides is 1. The molecule has 4 aromatic rings. The molecule has 0 saturated heterocycles. The van der Waals surface area contributed by atoms with E-state index in [0.717, 1.165) is 47.9 Å². The summed E-state index contributed by atoms with van der Waals surface area (Å²) in [5.74, 6) is 1.15. The van der Waals surface area contributed by atoms with E-state index in [1.807, 2.05) is 30.0 Å². The van der Waals surface area contributed by atoms with Crippen molar-refractivity contribution < 1.29 is 9.21 Å². The van der Waals surface area contributed by atoms with E-state index in [0.29, 0.717) is 36.0 Å². The third kappa shape index (κ3) is 4.17. The molecule has 2 aromatic carbocycles. The fraction of sp³-hybridized carbons (Fsp3) is 0.370. The molecule has 2 heterocycles. The molecule has 1 aliphatic carbocycles. The van der Waals surface area contributed by atoms with Gasteiger partial charge in [0.1, 0.15) is 11.3 Å². The summed E-state index contributed by atoms with van der Waals surface area (Å²) in [5, 5.41) is 13.9. The van der Waals surface area contributed by atoms with Gasteiger partial charge in [0.05, 0.1) is 29.2 Å². The highest BCUT2D eigenvalue weighted by Crippen LogP contribution is 2.35. The minimum absolute atomic E-state index is 0.0994. The minimum Gasteiger partial charge on any atom is -0.460 e. The molecule has 174 valence electrons. The number of nitrogens with one attached hydrogen (secondary N) is 2. The van der Waals surface area contributed by atoms with Crippen LogP contribution < -0.4 is 5.32 Å². The first-order chi connectivity index (χ1) is 16.5. The second-order valence-corrected chi connectivity index (χ2v) is 9.40. The van der Waals surface area contributed by atoms with Crippen molar-refractivity contribution in [3.05, 3.63) is 65.7 Å². The van der Waals surface area contributed by atoms with E-state index in [9.17, 15) is 4.79 Å². The van der Waals surface area contributed by atoms with E-state index in [2.05, 4.69) is 40.4 Å². The van der Waals surface area contributed by atoms with Crippen LogP contribution in [0.25, 0.3) is 22.0 Å². The number of aromatic amines is 1. The Morgan fingerprint density at radius 1 is 1.32 bits per heavy atom. The second kappa shape index (κ2) is 8.96. The number of rotatable bonds is 6. The van der Waals surface area contributed by atoms with Gasteiger partial charge in [-0.05, 0) is 69.9 Å². The van der Waals surface area contributed by atoms with Crippen LogP contribution in [0.15, 0.2) is 52.9 Å². The fourth-order valence-electron chi connectivity index (χ4n) is 5.33. The van der Waals surface area contributed by atoms with Crippen LogP contribution in [0.1, 0.15) is 61.5 Å². The molecule has 1 fully saturated rings. The Bertz CT molecular complexity index is 1350. The van der Waals surface area contributed by atoms with E-state index >= 15 is 0 Å². The number of furan rings is 1. The molecule has 0 spiro atoms. The second-order valence-electron chi connectivity index (χ2n) is 9.40. The summed E-state index contributed by atoms with van der Waals surface area (Å²) in [6.07, 6.45) is 3.94. The van der Waals surface area contributed by atoms with Gasteiger partial charge in [-0.25, -0.2) is 4.98 Å². The summed E-state index contributed by atoms with van der Waals surface area (Å²) >= 11 is 0. The number of fused-ring (bicyclic) bond motifs is 2. The van der Waals surface area contributed by atoms with Gasteiger partial charge in [-0.2, -0.15) is 5.26 Å². The molecule has 0 radical (unpaired) electrons. The standard InChI is InChI=1S/C27H29N5O2/c1-3-32(26(33)25-30-22-11-10-18(16-28)13-23(22)31-25)27(2)12-6-8-20(15-27)29-17-21-14-19-7-4-5-9-24(19)34-21/h4-5,7,9-11,13-14,20,29H,3,6,8,12,15,17H2,1-2H3,(H,30,31)/t20-,27?/m1/s1. The SMILES string of the molecule is CCN(C(=O)c1nc2cc(C#N)ccc2[nH]1)C1(C)CCC[C@@H](NCc2cc3ccccc3o2)C1. The highest BCUT2D eigenvalue weighted by atomic mass is 16.3. The molecule has 1 aliphatic rings. The van der Waals surface area contributed by atoms with Gasteiger partial charge in [-0.1, -0.05) is 18.2 Å². The van der Waals surface area contributed by atoms with Crippen molar-refractivity contribution in [2.75, 3.05) is 6.54 Å². The Balaban J connectivity index is 1.30. The molecular formula is C27H29N5O2. The van der Waals surface area contributed by atoms with Crippen molar-refractivity contribution in [3.8, 4) is 6.07 Å². The molecule has 1 saturated carbocycles. The van der Waals surface area contributed by atoms with Gasteiger partial charge in [0.2, 0.25) is 0 Å². The van der Waals surface area contributed by atoms with Crippen molar-refractivity contribution in [2.45, 2.75) is 57.7 Å². The van der Waals surface area contributed by atoms with Crippen molar-refractivity contribution >= 4 is 27.9 Å². The average Bonchev–Trinajstić information content (AvgIpc) is 3.46. The first-order valence-electron chi connectivity index (χ1n) is 11.9. The maximum atomic E-state index is 13.5. The predicted octanol–water partition coefficient (Wildman–Crippen LogP) is 5.13. The Morgan fingerprint density at radius 2 is 2.18 bits per heavy atom. The zero-order valence-corrected chi connectivity index (χ0v) is 19.6. The fourth-order valence-corrected chi connectivity index (χ4v) is 5.33. The summed E-state index contributed by atoms with van der Waals surface area (Å²) in [6.45, 7) is 5.47. The molecule has 5 rings (SSSR count). The van der Waals surface area contributed by atoms with Crippen LogP contribution in [0, 0.1) is 11.3 Å². The van der Waals surface area contributed by atoms with E-state index < -0.39 is 0 Å². The Morgan fingerprint density at radius 3 is 2.97 bits per heavy atom. The largest absolute Gasteiger partial charge is 0.460 e. The molecule has 2 aromatic heterocycles. The normalized spacial score (nSPS) is 20.4. The maximum absolute atomic E-state index is 13.5. The summed E-state index contributed by atoms with van der Waals surface area (Å²) < 4.78 is 5.96. The first-order valence-corrected chi connectivity index (χ1v) is 11.9. The molecule has 0 aliphatic heterocycles. The minimum atomic E-state index is -0.271. The summed E-state index contributed by atoms with van der Waals surface area (Å²) in [6, 6.07) is 17.8. The van der Waals surface area contributed by atoms with Crippen LogP contribution in [0.2, 0.25) is 0 Å². The summed E-state index contributed by atoms with van der Waals surface area (Å²) in [4.78, 5) is 23.1. The number of hydrogen-bond donors (Lipinski definition) is 2. The van der Waals surface area contributed by atoms with E-state index in [-0.39, 0.29) is 11.4 Å². The Kier molecular flexibility index (Phi) is 5.84. The molecule has 1 unspecified atom stereocenters. The van der Waals surface area contributed by atoms with Gasteiger partial charge in [0, 0.05) is 23.5 Å². The van der Waals surface area contributed by atoms with Crippen LogP contribution in [-0.2, 0) is 6.54 Å². The number of para-hydroxylation sites is 1. The van der Waals surface area contributed by atoms with Gasteiger partial charge < -0.3 is 19.6 Å². The molecular weight excluding hydrogens is 426 g/mol. The number of nitriles is 1. The zero-order chi connectivity index (χ0) is 23.7. The first kappa shape index (κ1) is 22.2. The topological polar surface area (TPSA) is 98.0 Å². The molecule has 2 atom stereocenters. The van der Waals surface area contributed by atoms with Gasteiger partial charge in [-0.15, -0.1) is 0 Å².